The summed E-state index contributed by atoms with van der Waals surface area (Å²) in [6.07, 6.45) is 1.26. The van der Waals surface area contributed by atoms with Crippen LogP contribution in [-0.4, -0.2) is 62.0 Å². The van der Waals surface area contributed by atoms with Crippen LogP contribution < -0.4 is 9.47 Å². The lowest BCUT2D eigenvalue weighted by atomic mass is 10.1. The van der Waals surface area contributed by atoms with Crippen molar-refractivity contribution < 1.29 is 23.5 Å². The van der Waals surface area contributed by atoms with Gasteiger partial charge in [-0.2, -0.15) is 0 Å². The highest BCUT2D eigenvalue weighted by Gasteiger charge is 2.24. The van der Waals surface area contributed by atoms with Crippen molar-refractivity contribution in [2.75, 3.05) is 40.4 Å². The van der Waals surface area contributed by atoms with E-state index in [4.69, 9.17) is 9.47 Å². The standard InChI is InChI=1S/C23H27FN2O4/c1-29-20-9-5-17(15-21(20)30-2)6-10-22(27)25-11-13-26(14-12-25)23(28)16-18-3-7-19(24)8-4-18/h3-5,7-9,15H,6,10-14,16H2,1-2H3. The van der Waals surface area contributed by atoms with E-state index in [0.29, 0.717) is 50.5 Å². The molecule has 160 valence electrons. The molecular formula is C23H27FN2O4. The van der Waals surface area contributed by atoms with Crippen molar-refractivity contribution in [3.05, 3.63) is 59.4 Å². The number of aryl methyl sites for hydroxylation is 1. The van der Waals surface area contributed by atoms with Crippen molar-refractivity contribution >= 4 is 11.8 Å². The molecule has 3 rings (SSSR count). The number of hydrogen-bond donors (Lipinski definition) is 0. The molecule has 0 aromatic heterocycles. The minimum absolute atomic E-state index is 0.000894. The third-order valence-corrected chi connectivity index (χ3v) is 5.33. The van der Waals surface area contributed by atoms with Crippen LogP contribution >= 0.6 is 0 Å². The largest absolute Gasteiger partial charge is 0.493 e. The van der Waals surface area contributed by atoms with E-state index >= 15 is 0 Å². The van der Waals surface area contributed by atoms with Gasteiger partial charge >= 0.3 is 0 Å². The van der Waals surface area contributed by atoms with Crippen molar-refractivity contribution in [3.63, 3.8) is 0 Å². The fraction of sp³-hybridized carbons (Fsp3) is 0.391. The molecule has 1 aliphatic heterocycles. The second kappa shape index (κ2) is 10.1. The van der Waals surface area contributed by atoms with Gasteiger partial charge in [0.25, 0.3) is 0 Å². The molecular weight excluding hydrogens is 387 g/mol. The van der Waals surface area contributed by atoms with Crippen LogP contribution in [0.5, 0.6) is 11.5 Å². The smallest absolute Gasteiger partial charge is 0.227 e. The third kappa shape index (κ3) is 5.49. The highest BCUT2D eigenvalue weighted by molar-refractivity contribution is 5.80. The molecule has 1 fully saturated rings. The van der Waals surface area contributed by atoms with Gasteiger partial charge in [0.1, 0.15) is 5.82 Å². The second-order valence-electron chi connectivity index (χ2n) is 7.25. The summed E-state index contributed by atoms with van der Waals surface area (Å²) in [5.74, 6) is 1.07. The minimum Gasteiger partial charge on any atom is -0.493 e. The summed E-state index contributed by atoms with van der Waals surface area (Å²) in [6.45, 7) is 2.09. The van der Waals surface area contributed by atoms with Gasteiger partial charge < -0.3 is 19.3 Å². The maximum atomic E-state index is 13.0. The van der Waals surface area contributed by atoms with E-state index < -0.39 is 0 Å². The quantitative estimate of drug-likeness (QED) is 0.699. The number of amides is 2. The number of carbonyl (C=O) groups excluding carboxylic acids is 2. The monoisotopic (exact) mass is 414 g/mol. The molecule has 0 spiro atoms. The van der Waals surface area contributed by atoms with Crippen molar-refractivity contribution in [1.82, 2.24) is 9.80 Å². The van der Waals surface area contributed by atoms with Gasteiger partial charge in [-0.05, 0) is 41.8 Å². The predicted molar refractivity (Wildman–Crippen MR) is 111 cm³/mol. The zero-order valence-electron chi connectivity index (χ0n) is 17.4. The van der Waals surface area contributed by atoms with Crippen LogP contribution in [0.3, 0.4) is 0 Å². The first-order chi connectivity index (χ1) is 14.5. The van der Waals surface area contributed by atoms with Crippen LogP contribution in [0.4, 0.5) is 4.39 Å². The normalized spacial score (nSPS) is 13.8. The van der Waals surface area contributed by atoms with E-state index in [0.717, 1.165) is 11.1 Å². The van der Waals surface area contributed by atoms with Crippen LogP contribution in [0.25, 0.3) is 0 Å². The zero-order valence-corrected chi connectivity index (χ0v) is 17.4. The average molecular weight is 414 g/mol. The molecule has 0 atom stereocenters. The Hall–Kier alpha value is -3.09. The summed E-state index contributed by atoms with van der Waals surface area (Å²) in [7, 11) is 3.18. The predicted octanol–water partition coefficient (Wildman–Crippen LogP) is 2.69. The van der Waals surface area contributed by atoms with Gasteiger partial charge in [-0.25, -0.2) is 4.39 Å². The van der Waals surface area contributed by atoms with Crippen LogP contribution in [0, 0.1) is 5.82 Å². The topological polar surface area (TPSA) is 59.1 Å². The number of hydrogen-bond acceptors (Lipinski definition) is 4. The molecule has 2 aromatic rings. The van der Waals surface area contributed by atoms with Crippen LogP contribution in [0.2, 0.25) is 0 Å². The SMILES string of the molecule is COc1ccc(CCC(=O)N2CCN(C(=O)Cc3ccc(F)cc3)CC2)cc1OC. The molecule has 0 radical (unpaired) electrons. The summed E-state index contributed by atoms with van der Waals surface area (Å²) >= 11 is 0. The van der Waals surface area contributed by atoms with E-state index in [-0.39, 0.29) is 24.1 Å². The van der Waals surface area contributed by atoms with E-state index in [1.807, 2.05) is 23.1 Å². The molecule has 30 heavy (non-hydrogen) atoms. The lowest BCUT2D eigenvalue weighted by Crippen LogP contribution is -2.51. The molecule has 0 saturated carbocycles. The summed E-state index contributed by atoms with van der Waals surface area (Å²) in [5.41, 5.74) is 1.80. The molecule has 2 aromatic carbocycles. The van der Waals surface area contributed by atoms with E-state index in [9.17, 15) is 14.0 Å². The van der Waals surface area contributed by atoms with E-state index in [2.05, 4.69) is 0 Å². The highest BCUT2D eigenvalue weighted by atomic mass is 19.1. The number of piperazine rings is 1. The lowest BCUT2D eigenvalue weighted by Gasteiger charge is -2.35. The first-order valence-electron chi connectivity index (χ1n) is 10.0. The molecule has 1 aliphatic rings. The Balaban J connectivity index is 1.45. The van der Waals surface area contributed by atoms with Gasteiger partial charge in [-0.15, -0.1) is 0 Å². The van der Waals surface area contributed by atoms with Gasteiger partial charge in [-0.3, -0.25) is 9.59 Å². The Bertz CT molecular complexity index is 877. The lowest BCUT2D eigenvalue weighted by molar-refractivity contribution is -0.139. The van der Waals surface area contributed by atoms with E-state index in [1.165, 1.54) is 12.1 Å². The number of nitrogens with zero attached hydrogens (tertiary/aromatic N) is 2. The number of methoxy groups -OCH3 is 2. The number of ether oxygens (including phenoxy) is 2. The van der Waals surface area contributed by atoms with Gasteiger partial charge in [0.2, 0.25) is 11.8 Å². The number of benzene rings is 2. The summed E-state index contributed by atoms with van der Waals surface area (Å²) in [6, 6.07) is 11.6. The Labute approximate surface area is 176 Å². The van der Waals surface area contributed by atoms with Crippen molar-refractivity contribution in [2.45, 2.75) is 19.3 Å². The molecule has 7 heteroatoms. The molecule has 1 heterocycles. The van der Waals surface area contributed by atoms with Crippen LogP contribution in [0.1, 0.15) is 17.5 Å². The number of rotatable bonds is 7. The molecule has 0 bridgehead atoms. The molecule has 0 unspecified atom stereocenters. The van der Waals surface area contributed by atoms with E-state index in [1.54, 1.807) is 31.3 Å². The zero-order chi connectivity index (χ0) is 21.5. The maximum Gasteiger partial charge on any atom is 0.227 e. The molecule has 0 aliphatic carbocycles. The summed E-state index contributed by atoms with van der Waals surface area (Å²) in [5, 5.41) is 0. The molecule has 0 N–H and O–H groups in total. The molecule has 6 nitrogen and oxygen atoms in total. The van der Waals surface area contributed by atoms with Crippen LogP contribution in [-0.2, 0) is 22.4 Å². The van der Waals surface area contributed by atoms with Crippen molar-refractivity contribution in [2.24, 2.45) is 0 Å². The second-order valence-corrected chi connectivity index (χ2v) is 7.25. The Morgan fingerprint density at radius 3 is 2.00 bits per heavy atom. The molecule has 1 saturated heterocycles. The summed E-state index contributed by atoms with van der Waals surface area (Å²) < 4.78 is 23.5. The first-order valence-corrected chi connectivity index (χ1v) is 10.0. The van der Waals surface area contributed by atoms with Crippen molar-refractivity contribution in [3.8, 4) is 11.5 Å². The fourth-order valence-electron chi connectivity index (χ4n) is 3.54. The van der Waals surface area contributed by atoms with Gasteiger partial charge in [0.05, 0.1) is 20.6 Å². The van der Waals surface area contributed by atoms with Crippen LogP contribution in [0.15, 0.2) is 42.5 Å². The van der Waals surface area contributed by atoms with Gasteiger partial charge in [-0.1, -0.05) is 18.2 Å². The maximum absolute atomic E-state index is 13.0. The number of carbonyl (C=O) groups is 2. The average Bonchev–Trinajstić information content (AvgIpc) is 2.78. The van der Waals surface area contributed by atoms with Gasteiger partial charge in [0.15, 0.2) is 11.5 Å². The third-order valence-electron chi connectivity index (χ3n) is 5.33. The Morgan fingerprint density at radius 1 is 0.833 bits per heavy atom. The Kier molecular flexibility index (Phi) is 7.27. The number of halogens is 1. The van der Waals surface area contributed by atoms with Gasteiger partial charge in [0, 0.05) is 32.6 Å². The first kappa shape index (κ1) is 21.6. The Morgan fingerprint density at radius 2 is 1.40 bits per heavy atom. The summed E-state index contributed by atoms with van der Waals surface area (Å²) in [4.78, 5) is 28.6. The molecule has 2 amide bonds. The fourth-order valence-corrected chi connectivity index (χ4v) is 3.54. The highest BCUT2D eigenvalue weighted by Crippen LogP contribution is 2.28. The minimum atomic E-state index is -0.314. The van der Waals surface area contributed by atoms with Crippen molar-refractivity contribution in [1.29, 1.82) is 0 Å².